The third kappa shape index (κ3) is 2.68. The van der Waals surface area contributed by atoms with Crippen molar-refractivity contribution in [1.82, 2.24) is 15.3 Å². The summed E-state index contributed by atoms with van der Waals surface area (Å²) in [7, 11) is 0. The highest BCUT2D eigenvalue weighted by Crippen LogP contribution is 2.32. The topological polar surface area (TPSA) is 112 Å². The molecule has 0 saturated heterocycles. The van der Waals surface area contributed by atoms with Gasteiger partial charge in [0.25, 0.3) is 11.5 Å². The molecule has 3 N–H and O–H groups in total. The number of hydrogen-bond acceptors (Lipinski definition) is 4. The Kier molecular flexibility index (Phi) is 3.85. The zero-order valence-electron chi connectivity index (χ0n) is 12.3. The number of aryl methyl sites for hydroxylation is 1. The molecule has 1 aliphatic carbocycles. The van der Waals surface area contributed by atoms with E-state index in [0.717, 1.165) is 6.42 Å². The van der Waals surface area contributed by atoms with Crippen molar-refractivity contribution in [3.8, 4) is 0 Å². The van der Waals surface area contributed by atoms with Crippen LogP contribution in [0.15, 0.2) is 4.79 Å². The number of nitrogens with one attached hydrogen (secondary N) is 2. The summed E-state index contributed by atoms with van der Waals surface area (Å²) >= 11 is 0. The number of H-pyrrole nitrogens is 1. The monoisotopic (exact) mass is 293 g/mol. The minimum atomic E-state index is -1.24. The SMILES string of the molecule is Cc1nc(C(C)C)[nH]c(=O)c1C(=O)NC1(C(=O)O)CCC1. The highest BCUT2D eigenvalue weighted by Gasteiger charge is 2.46. The van der Waals surface area contributed by atoms with Crippen LogP contribution in [-0.2, 0) is 4.79 Å². The number of aromatic nitrogens is 2. The average molecular weight is 293 g/mol. The maximum atomic E-state index is 12.2. The van der Waals surface area contributed by atoms with Crippen LogP contribution in [0.1, 0.15) is 60.9 Å². The molecule has 0 bridgehead atoms. The Morgan fingerprint density at radius 3 is 2.38 bits per heavy atom. The number of carboxylic acid groups (broad SMARTS) is 1. The Morgan fingerprint density at radius 2 is 2.00 bits per heavy atom. The summed E-state index contributed by atoms with van der Waals surface area (Å²) in [6.45, 7) is 5.33. The molecule has 0 aromatic carbocycles. The van der Waals surface area contributed by atoms with Crippen LogP contribution < -0.4 is 10.9 Å². The summed E-state index contributed by atoms with van der Waals surface area (Å²) in [6.07, 6.45) is 1.50. The molecule has 1 aliphatic rings. The van der Waals surface area contributed by atoms with Crippen LogP contribution in [0.25, 0.3) is 0 Å². The van der Waals surface area contributed by atoms with E-state index in [9.17, 15) is 19.5 Å². The van der Waals surface area contributed by atoms with Gasteiger partial charge in [-0.2, -0.15) is 0 Å². The molecule has 0 atom stereocenters. The Bertz CT molecular complexity index is 644. The van der Waals surface area contributed by atoms with E-state index in [2.05, 4.69) is 15.3 Å². The Labute approximate surface area is 121 Å². The van der Waals surface area contributed by atoms with Gasteiger partial charge >= 0.3 is 5.97 Å². The molecule has 2 rings (SSSR count). The second kappa shape index (κ2) is 5.31. The molecule has 1 saturated carbocycles. The standard InChI is InChI=1S/C14H19N3O4/c1-7(2)10-15-8(3)9(11(18)16-10)12(19)17-14(13(20)21)5-4-6-14/h7H,4-6H2,1-3H3,(H,17,19)(H,20,21)(H,15,16,18). The van der Waals surface area contributed by atoms with Gasteiger partial charge in [0.2, 0.25) is 0 Å². The van der Waals surface area contributed by atoms with Crippen molar-refractivity contribution in [3.63, 3.8) is 0 Å². The van der Waals surface area contributed by atoms with E-state index in [4.69, 9.17) is 0 Å². The van der Waals surface area contributed by atoms with E-state index in [1.54, 1.807) is 6.92 Å². The minimum absolute atomic E-state index is 0.0329. The van der Waals surface area contributed by atoms with E-state index in [-0.39, 0.29) is 11.5 Å². The summed E-state index contributed by atoms with van der Waals surface area (Å²) in [5.41, 5.74) is -1.59. The maximum Gasteiger partial charge on any atom is 0.329 e. The second-order valence-corrected chi connectivity index (χ2v) is 5.76. The van der Waals surface area contributed by atoms with Crippen LogP contribution in [0, 0.1) is 6.92 Å². The molecule has 114 valence electrons. The summed E-state index contributed by atoms with van der Waals surface area (Å²) < 4.78 is 0. The van der Waals surface area contributed by atoms with Crippen molar-refractivity contribution in [2.75, 3.05) is 0 Å². The smallest absolute Gasteiger partial charge is 0.329 e. The van der Waals surface area contributed by atoms with Crippen molar-refractivity contribution >= 4 is 11.9 Å². The van der Waals surface area contributed by atoms with E-state index in [1.165, 1.54) is 0 Å². The maximum absolute atomic E-state index is 12.2. The third-order valence-electron chi connectivity index (χ3n) is 3.86. The molecule has 21 heavy (non-hydrogen) atoms. The Hall–Kier alpha value is -2.18. The van der Waals surface area contributed by atoms with Gasteiger partial charge in [-0.1, -0.05) is 13.8 Å². The average Bonchev–Trinajstić information content (AvgIpc) is 2.32. The zero-order chi connectivity index (χ0) is 15.8. The number of aromatic amines is 1. The van der Waals surface area contributed by atoms with E-state index < -0.39 is 23.0 Å². The number of carboxylic acids is 1. The first kappa shape index (κ1) is 15.2. The van der Waals surface area contributed by atoms with Crippen LogP contribution in [-0.4, -0.2) is 32.5 Å². The number of hydrogen-bond donors (Lipinski definition) is 3. The quantitative estimate of drug-likeness (QED) is 0.764. The van der Waals surface area contributed by atoms with Gasteiger partial charge < -0.3 is 15.4 Å². The number of nitrogens with zero attached hydrogens (tertiary/aromatic N) is 1. The van der Waals surface area contributed by atoms with Gasteiger partial charge in [0, 0.05) is 5.92 Å². The van der Waals surface area contributed by atoms with Gasteiger partial charge in [-0.05, 0) is 26.2 Å². The predicted octanol–water partition coefficient (Wildman–Crippen LogP) is 0.939. The molecule has 0 radical (unpaired) electrons. The molecule has 0 unspecified atom stereocenters. The molecule has 0 aliphatic heterocycles. The normalized spacial score (nSPS) is 16.4. The molecule has 1 fully saturated rings. The minimum Gasteiger partial charge on any atom is -0.480 e. The lowest BCUT2D eigenvalue weighted by atomic mass is 9.76. The molecule has 1 heterocycles. The second-order valence-electron chi connectivity index (χ2n) is 5.76. The summed E-state index contributed by atoms with van der Waals surface area (Å²) in [4.78, 5) is 42.4. The third-order valence-corrected chi connectivity index (χ3v) is 3.86. The molecular formula is C14H19N3O4. The lowest BCUT2D eigenvalue weighted by Crippen LogP contribution is -2.59. The predicted molar refractivity (Wildman–Crippen MR) is 75.4 cm³/mol. The van der Waals surface area contributed by atoms with Crippen LogP contribution >= 0.6 is 0 Å². The number of aliphatic carboxylic acids is 1. The molecule has 1 amide bonds. The van der Waals surface area contributed by atoms with Gasteiger partial charge in [0.1, 0.15) is 16.9 Å². The Morgan fingerprint density at radius 1 is 1.38 bits per heavy atom. The molecule has 1 aromatic rings. The van der Waals surface area contributed by atoms with Gasteiger partial charge in [0.15, 0.2) is 0 Å². The van der Waals surface area contributed by atoms with Gasteiger partial charge in [-0.3, -0.25) is 9.59 Å². The van der Waals surface area contributed by atoms with Crippen molar-refractivity contribution in [1.29, 1.82) is 0 Å². The lowest BCUT2D eigenvalue weighted by Gasteiger charge is -2.38. The summed E-state index contributed by atoms with van der Waals surface area (Å²) in [5.74, 6) is -1.21. The first-order valence-corrected chi connectivity index (χ1v) is 6.93. The lowest BCUT2D eigenvalue weighted by molar-refractivity contribution is -0.148. The largest absolute Gasteiger partial charge is 0.480 e. The fourth-order valence-electron chi connectivity index (χ4n) is 2.35. The fourth-order valence-corrected chi connectivity index (χ4v) is 2.35. The van der Waals surface area contributed by atoms with Gasteiger partial charge in [-0.15, -0.1) is 0 Å². The number of carbonyl (C=O) groups is 2. The van der Waals surface area contributed by atoms with Gasteiger partial charge in [-0.25, -0.2) is 9.78 Å². The van der Waals surface area contributed by atoms with Gasteiger partial charge in [0.05, 0.1) is 5.69 Å². The summed E-state index contributed by atoms with van der Waals surface area (Å²) in [6, 6.07) is 0. The van der Waals surface area contributed by atoms with Crippen LogP contribution in [0.5, 0.6) is 0 Å². The van der Waals surface area contributed by atoms with Crippen LogP contribution in [0.2, 0.25) is 0 Å². The van der Waals surface area contributed by atoms with Crippen molar-refractivity contribution in [2.45, 2.75) is 51.5 Å². The van der Waals surface area contributed by atoms with Crippen LogP contribution in [0.4, 0.5) is 0 Å². The number of amides is 1. The highest BCUT2D eigenvalue weighted by atomic mass is 16.4. The van der Waals surface area contributed by atoms with E-state index in [1.807, 2.05) is 13.8 Å². The number of carbonyl (C=O) groups excluding carboxylic acids is 1. The van der Waals surface area contributed by atoms with Crippen molar-refractivity contribution in [2.24, 2.45) is 0 Å². The molecule has 0 spiro atoms. The Balaban J connectivity index is 2.32. The first-order valence-electron chi connectivity index (χ1n) is 6.93. The molecule has 7 heteroatoms. The highest BCUT2D eigenvalue weighted by molar-refractivity contribution is 5.98. The van der Waals surface area contributed by atoms with Crippen LogP contribution in [0.3, 0.4) is 0 Å². The van der Waals surface area contributed by atoms with E-state index in [0.29, 0.717) is 24.4 Å². The fraction of sp³-hybridized carbons (Fsp3) is 0.571. The number of rotatable bonds is 4. The molecule has 7 nitrogen and oxygen atoms in total. The van der Waals surface area contributed by atoms with Crippen molar-refractivity contribution in [3.05, 3.63) is 27.4 Å². The van der Waals surface area contributed by atoms with E-state index >= 15 is 0 Å². The molecule has 1 aromatic heterocycles. The first-order chi connectivity index (χ1) is 9.77. The van der Waals surface area contributed by atoms with Crippen molar-refractivity contribution < 1.29 is 14.7 Å². The zero-order valence-corrected chi connectivity index (χ0v) is 12.3. The molecular weight excluding hydrogens is 274 g/mol. The summed E-state index contributed by atoms with van der Waals surface area (Å²) in [5, 5.41) is 11.7.